The number of aromatic nitrogens is 3. The van der Waals surface area contributed by atoms with E-state index < -0.39 is 0 Å². The van der Waals surface area contributed by atoms with E-state index in [0.29, 0.717) is 31.2 Å². The Morgan fingerprint density at radius 2 is 2.00 bits per heavy atom. The highest BCUT2D eigenvalue weighted by Gasteiger charge is 2.25. The monoisotopic (exact) mass is 336 g/mol. The van der Waals surface area contributed by atoms with Crippen LogP contribution in [0, 0.1) is 5.92 Å². The van der Waals surface area contributed by atoms with E-state index in [4.69, 9.17) is 0 Å². The van der Waals surface area contributed by atoms with Gasteiger partial charge < -0.3 is 9.88 Å². The number of likely N-dealkylation sites (tertiary alicyclic amines) is 1. The lowest BCUT2D eigenvalue weighted by molar-refractivity contribution is 0.0677. The van der Waals surface area contributed by atoms with Crippen molar-refractivity contribution < 1.29 is 4.79 Å². The minimum atomic E-state index is -0.0217. The molecule has 0 atom stereocenters. The lowest BCUT2D eigenvalue weighted by atomic mass is 9.96. The van der Waals surface area contributed by atoms with Crippen molar-refractivity contribution in [2.24, 2.45) is 5.92 Å². The van der Waals surface area contributed by atoms with Crippen LogP contribution in [0.2, 0.25) is 0 Å². The summed E-state index contributed by atoms with van der Waals surface area (Å²) in [7, 11) is 0. The number of nitrogens with zero attached hydrogens (tertiary/aromatic N) is 3. The number of benzene rings is 1. The van der Waals surface area contributed by atoms with Gasteiger partial charge >= 0.3 is 0 Å². The van der Waals surface area contributed by atoms with Gasteiger partial charge in [0, 0.05) is 42.8 Å². The van der Waals surface area contributed by atoms with E-state index in [0.717, 1.165) is 23.7 Å². The number of piperidine rings is 1. The summed E-state index contributed by atoms with van der Waals surface area (Å²) in [5.41, 5.74) is 1.60. The van der Waals surface area contributed by atoms with Gasteiger partial charge in [-0.05, 0) is 30.9 Å². The smallest absolute Gasteiger partial charge is 0.270 e. The molecule has 4 rings (SSSR count). The third-order valence-corrected chi connectivity index (χ3v) is 4.91. The minimum Gasteiger partial charge on any atom is -0.351 e. The van der Waals surface area contributed by atoms with Crippen molar-refractivity contribution in [3.05, 3.63) is 65.0 Å². The second kappa shape index (κ2) is 6.55. The predicted octanol–water partition coefficient (Wildman–Crippen LogP) is 2.28. The highest BCUT2D eigenvalue weighted by Crippen LogP contribution is 2.22. The topological polar surface area (TPSA) is 71.0 Å². The molecule has 3 aromatic rings. The number of carbonyl (C=O) groups excluding carboxylic acids is 1. The molecule has 3 heterocycles. The van der Waals surface area contributed by atoms with Crippen LogP contribution in [0.4, 0.5) is 0 Å². The number of fused-ring (bicyclic) bond motifs is 1. The number of H-pyrrole nitrogens is 1. The van der Waals surface area contributed by atoms with Crippen molar-refractivity contribution in [3.8, 4) is 0 Å². The fourth-order valence-corrected chi connectivity index (χ4v) is 3.47. The number of hydrogen-bond donors (Lipinski definition) is 1. The average molecular weight is 336 g/mol. The van der Waals surface area contributed by atoms with E-state index >= 15 is 0 Å². The number of aromatic amines is 1. The van der Waals surface area contributed by atoms with Crippen molar-refractivity contribution in [1.29, 1.82) is 0 Å². The summed E-state index contributed by atoms with van der Waals surface area (Å²) in [5, 5.41) is 1.05. The zero-order valence-corrected chi connectivity index (χ0v) is 13.9. The number of nitrogens with one attached hydrogen (secondary N) is 1. The highest BCUT2D eigenvalue weighted by atomic mass is 16.2. The number of para-hydroxylation sites is 1. The molecule has 1 saturated heterocycles. The van der Waals surface area contributed by atoms with Gasteiger partial charge in [-0.15, -0.1) is 0 Å². The molecule has 0 spiro atoms. The Bertz CT molecular complexity index is 918. The molecule has 0 bridgehead atoms. The van der Waals surface area contributed by atoms with Crippen molar-refractivity contribution in [2.45, 2.75) is 19.4 Å². The quantitative estimate of drug-likeness (QED) is 0.797. The molecular formula is C19H20N4O2. The Kier molecular flexibility index (Phi) is 4.09. The van der Waals surface area contributed by atoms with Crippen LogP contribution in [-0.2, 0) is 6.54 Å². The molecule has 0 unspecified atom stereocenters. The Labute approximate surface area is 145 Å². The lowest BCUT2D eigenvalue weighted by Gasteiger charge is -2.31. The third kappa shape index (κ3) is 3.20. The summed E-state index contributed by atoms with van der Waals surface area (Å²) in [6.45, 7) is 2.10. The van der Waals surface area contributed by atoms with Crippen molar-refractivity contribution in [3.63, 3.8) is 0 Å². The summed E-state index contributed by atoms with van der Waals surface area (Å²) >= 11 is 0. The first-order valence-electron chi connectivity index (χ1n) is 8.58. The molecule has 2 aromatic heterocycles. The van der Waals surface area contributed by atoms with Crippen LogP contribution in [-0.4, -0.2) is 38.4 Å². The van der Waals surface area contributed by atoms with Crippen LogP contribution in [0.15, 0.2) is 53.7 Å². The lowest BCUT2D eigenvalue weighted by Crippen LogP contribution is -2.40. The van der Waals surface area contributed by atoms with Crippen LogP contribution in [0.25, 0.3) is 10.9 Å². The maximum atomic E-state index is 12.7. The molecule has 0 radical (unpaired) electrons. The van der Waals surface area contributed by atoms with Crippen LogP contribution >= 0.6 is 0 Å². The molecule has 1 aliphatic heterocycles. The summed E-state index contributed by atoms with van der Waals surface area (Å²) < 4.78 is 1.65. The van der Waals surface area contributed by atoms with Gasteiger partial charge in [0.2, 0.25) is 0 Å². The summed E-state index contributed by atoms with van der Waals surface area (Å²) in [4.78, 5) is 33.6. The molecule has 1 aliphatic rings. The van der Waals surface area contributed by atoms with E-state index in [1.807, 2.05) is 35.2 Å². The fraction of sp³-hybridized carbons (Fsp3) is 0.316. The van der Waals surface area contributed by atoms with Crippen LogP contribution in [0.1, 0.15) is 23.3 Å². The predicted molar refractivity (Wildman–Crippen MR) is 95.4 cm³/mol. The Balaban J connectivity index is 1.40. The van der Waals surface area contributed by atoms with Crippen molar-refractivity contribution in [1.82, 2.24) is 19.4 Å². The summed E-state index contributed by atoms with van der Waals surface area (Å²) in [5.74, 6) is 0.446. The first kappa shape index (κ1) is 15.6. The Morgan fingerprint density at radius 1 is 1.20 bits per heavy atom. The van der Waals surface area contributed by atoms with Crippen LogP contribution in [0.5, 0.6) is 0 Å². The van der Waals surface area contributed by atoms with Gasteiger partial charge in [0.1, 0.15) is 5.69 Å². The number of rotatable bonds is 3. The molecule has 6 heteroatoms. The molecule has 1 N–H and O–H groups in total. The van der Waals surface area contributed by atoms with Crippen molar-refractivity contribution in [2.75, 3.05) is 13.1 Å². The van der Waals surface area contributed by atoms with Crippen LogP contribution < -0.4 is 5.56 Å². The summed E-state index contributed by atoms with van der Waals surface area (Å²) in [6.07, 6.45) is 4.89. The van der Waals surface area contributed by atoms with E-state index in [1.165, 1.54) is 12.3 Å². The van der Waals surface area contributed by atoms with E-state index in [-0.39, 0.29) is 11.5 Å². The van der Waals surface area contributed by atoms with E-state index in [9.17, 15) is 9.59 Å². The molecule has 0 saturated carbocycles. The SMILES string of the molecule is O=C(c1cc2ccccc2[nH]1)N1CCC(Cn2cnccc2=O)CC1. The average Bonchev–Trinajstić information content (AvgIpc) is 3.08. The maximum Gasteiger partial charge on any atom is 0.270 e. The number of carbonyl (C=O) groups is 1. The second-order valence-corrected chi connectivity index (χ2v) is 6.58. The van der Waals surface area contributed by atoms with Gasteiger partial charge in [0.15, 0.2) is 0 Å². The first-order chi connectivity index (χ1) is 12.2. The minimum absolute atomic E-state index is 0.0217. The molecule has 1 fully saturated rings. The largest absolute Gasteiger partial charge is 0.351 e. The Hall–Kier alpha value is -2.89. The fourth-order valence-electron chi connectivity index (χ4n) is 3.47. The number of amides is 1. The van der Waals surface area contributed by atoms with Gasteiger partial charge in [-0.2, -0.15) is 0 Å². The first-order valence-corrected chi connectivity index (χ1v) is 8.58. The molecule has 25 heavy (non-hydrogen) atoms. The van der Waals surface area contributed by atoms with Crippen molar-refractivity contribution >= 4 is 16.8 Å². The molecule has 128 valence electrons. The maximum absolute atomic E-state index is 12.7. The third-order valence-electron chi connectivity index (χ3n) is 4.91. The number of hydrogen-bond acceptors (Lipinski definition) is 3. The van der Waals surface area contributed by atoms with Gasteiger partial charge in [0.05, 0.1) is 6.33 Å². The van der Waals surface area contributed by atoms with Crippen LogP contribution in [0.3, 0.4) is 0 Å². The van der Waals surface area contributed by atoms with E-state index in [2.05, 4.69) is 9.97 Å². The zero-order chi connectivity index (χ0) is 17.2. The second-order valence-electron chi connectivity index (χ2n) is 6.58. The standard InChI is InChI=1S/C19H20N4O2/c24-18-5-8-20-13-23(18)12-14-6-9-22(10-7-14)19(25)17-11-15-3-1-2-4-16(15)21-17/h1-5,8,11,13-14,21H,6-7,9-10,12H2. The van der Waals surface area contributed by atoms with Gasteiger partial charge in [-0.3, -0.25) is 14.2 Å². The van der Waals surface area contributed by atoms with Gasteiger partial charge in [-0.1, -0.05) is 18.2 Å². The molecular weight excluding hydrogens is 316 g/mol. The highest BCUT2D eigenvalue weighted by molar-refractivity contribution is 5.98. The normalized spacial score (nSPS) is 15.6. The molecule has 0 aliphatic carbocycles. The van der Waals surface area contributed by atoms with E-state index in [1.54, 1.807) is 10.9 Å². The summed E-state index contributed by atoms with van der Waals surface area (Å²) in [6, 6.07) is 11.3. The zero-order valence-electron chi connectivity index (χ0n) is 13.9. The van der Waals surface area contributed by atoms with Gasteiger partial charge in [-0.25, -0.2) is 4.98 Å². The molecule has 1 amide bonds. The molecule has 1 aromatic carbocycles. The Morgan fingerprint density at radius 3 is 2.76 bits per heavy atom. The molecule has 6 nitrogen and oxygen atoms in total. The van der Waals surface area contributed by atoms with Gasteiger partial charge in [0.25, 0.3) is 11.5 Å².